The number of hydrazone groups is 1. The van der Waals surface area contributed by atoms with Gasteiger partial charge in [-0.1, -0.05) is 12.8 Å². The predicted octanol–water partition coefficient (Wildman–Crippen LogP) is 2.05. The van der Waals surface area contributed by atoms with Gasteiger partial charge in [-0.2, -0.15) is 5.10 Å². The van der Waals surface area contributed by atoms with E-state index >= 15 is 0 Å². The number of aliphatic hydroxyl groups excluding tert-OH is 1. The van der Waals surface area contributed by atoms with E-state index in [1.165, 1.54) is 5.01 Å². The molecule has 0 aromatic heterocycles. The molecule has 24 heavy (non-hydrogen) atoms. The van der Waals surface area contributed by atoms with Crippen molar-refractivity contribution in [1.29, 1.82) is 0 Å². The van der Waals surface area contributed by atoms with Gasteiger partial charge >= 0.3 is 0 Å². The first-order valence-electron chi connectivity index (χ1n) is 8.42. The molecule has 1 aliphatic heterocycles. The summed E-state index contributed by atoms with van der Waals surface area (Å²) < 4.78 is 10.7. The second-order valence-corrected chi connectivity index (χ2v) is 6.24. The molecule has 1 amide bonds. The number of nitrogens with zero attached hydrogens (tertiary/aromatic N) is 2. The van der Waals surface area contributed by atoms with E-state index < -0.39 is 0 Å². The first-order valence-corrected chi connectivity index (χ1v) is 8.42. The third-order valence-electron chi connectivity index (χ3n) is 4.91. The molecule has 0 radical (unpaired) electrons. The van der Waals surface area contributed by atoms with E-state index in [4.69, 9.17) is 9.47 Å². The Hall–Kier alpha value is -2.08. The number of β-amino-alcohol motifs (C(OH)–C–C–N with tert-alkyl or cyclic N) is 1. The van der Waals surface area contributed by atoms with Crippen molar-refractivity contribution in [3.05, 3.63) is 23.8 Å². The summed E-state index contributed by atoms with van der Waals surface area (Å²) in [6.07, 6.45) is 4.04. The quantitative estimate of drug-likeness (QED) is 0.896. The fourth-order valence-corrected chi connectivity index (χ4v) is 3.72. The smallest absolute Gasteiger partial charge is 0.246 e. The van der Waals surface area contributed by atoms with E-state index in [0.29, 0.717) is 11.5 Å². The number of methoxy groups -OCH3 is 2. The number of hydrogen-bond donors (Lipinski definition) is 1. The number of amides is 1. The molecule has 2 atom stereocenters. The molecule has 1 heterocycles. The van der Waals surface area contributed by atoms with Crippen LogP contribution in [0.1, 0.15) is 31.2 Å². The number of rotatable bonds is 5. The van der Waals surface area contributed by atoms with Gasteiger partial charge in [0.25, 0.3) is 0 Å². The third kappa shape index (κ3) is 2.98. The summed E-state index contributed by atoms with van der Waals surface area (Å²) in [7, 11) is 3.21. The zero-order valence-electron chi connectivity index (χ0n) is 14.2. The summed E-state index contributed by atoms with van der Waals surface area (Å²) in [5.41, 5.74) is 1.86. The normalized spacial score (nSPS) is 23.5. The van der Waals surface area contributed by atoms with Crippen LogP contribution in [0.3, 0.4) is 0 Å². The predicted molar refractivity (Wildman–Crippen MR) is 90.3 cm³/mol. The minimum Gasteiger partial charge on any atom is -0.493 e. The van der Waals surface area contributed by atoms with Gasteiger partial charge in [0.1, 0.15) is 0 Å². The van der Waals surface area contributed by atoms with Crippen LogP contribution in [0.25, 0.3) is 0 Å². The topological polar surface area (TPSA) is 71.4 Å². The number of carbonyl (C=O) groups excluding carboxylic acids is 1. The van der Waals surface area contributed by atoms with Crippen LogP contribution in [0.5, 0.6) is 11.5 Å². The highest BCUT2D eigenvalue weighted by molar-refractivity contribution is 6.07. The number of ether oxygens (including phenoxy) is 2. The second kappa shape index (κ2) is 7.21. The standard InChI is InChI=1S/C18H24N2O4/c1-23-15-8-7-12(11-16(15)24-2)17-13-5-3-4-6-14(13)18(22)20(19-17)9-10-21/h7-8,11,13-14,21H,3-6,9-10H2,1-2H3/t13-,14+/m0/s1. The number of aliphatic hydroxyl groups is 1. The number of benzene rings is 1. The summed E-state index contributed by atoms with van der Waals surface area (Å²) in [5, 5.41) is 15.3. The maximum atomic E-state index is 12.6. The van der Waals surface area contributed by atoms with E-state index in [9.17, 15) is 9.90 Å². The Morgan fingerprint density at radius 3 is 2.54 bits per heavy atom. The fourth-order valence-electron chi connectivity index (χ4n) is 3.72. The Labute approximate surface area is 142 Å². The number of carbonyl (C=O) groups is 1. The van der Waals surface area contributed by atoms with Crippen molar-refractivity contribution in [3.8, 4) is 11.5 Å². The van der Waals surface area contributed by atoms with E-state index in [1.54, 1.807) is 14.2 Å². The average Bonchev–Trinajstić information content (AvgIpc) is 2.63. The van der Waals surface area contributed by atoms with Gasteiger partial charge in [0.15, 0.2) is 11.5 Å². The lowest BCUT2D eigenvalue weighted by atomic mass is 9.73. The molecule has 0 saturated heterocycles. The Kier molecular flexibility index (Phi) is 5.04. The van der Waals surface area contributed by atoms with Crippen molar-refractivity contribution in [2.75, 3.05) is 27.4 Å². The Balaban J connectivity index is 2.02. The maximum absolute atomic E-state index is 12.6. The lowest BCUT2D eigenvalue weighted by molar-refractivity contribution is -0.139. The van der Waals surface area contributed by atoms with Crippen molar-refractivity contribution in [1.82, 2.24) is 5.01 Å². The van der Waals surface area contributed by atoms with Gasteiger partial charge in [-0.3, -0.25) is 4.79 Å². The molecule has 0 bridgehead atoms. The summed E-state index contributed by atoms with van der Waals surface area (Å²) in [4.78, 5) is 12.6. The SMILES string of the molecule is COc1ccc(C2=NN(CCO)C(=O)[C@@H]3CCCC[C@H]23)cc1OC. The van der Waals surface area contributed by atoms with Crippen LogP contribution in [0.4, 0.5) is 0 Å². The van der Waals surface area contributed by atoms with E-state index in [2.05, 4.69) is 5.10 Å². The van der Waals surface area contributed by atoms with Crippen LogP contribution in [0.2, 0.25) is 0 Å². The highest BCUT2D eigenvalue weighted by atomic mass is 16.5. The highest BCUT2D eigenvalue weighted by Gasteiger charge is 2.41. The molecule has 6 heteroatoms. The molecule has 1 saturated carbocycles. The van der Waals surface area contributed by atoms with E-state index in [-0.39, 0.29) is 30.9 Å². The zero-order valence-corrected chi connectivity index (χ0v) is 14.2. The van der Waals surface area contributed by atoms with Crippen LogP contribution in [-0.4, -0.2) is 49.1 Å². The molecule has 2 aliphatic rings. The van der Waals surface area contributed by atoms with Gasteiger partial charge in [-0.05, 0) is 31.0 Å². The first-order chi connectivity index (χ1) is 11.7. The molecular weight excluding hydrogens is 308 g/mol. The molecule has 1 aliphatic carbocycles. The number of hydrogen-bond acceptors (Lipinski definition) is 5. The number of fused-ring (bicyclic) bond motifs is 1. The van der Waals surface area contributed by atoms with Crippen LogP contribution < -0.4 is 9.47 Å². The first kappa shape index (κ1) is 16.8. The fraction of sp³-hybridized carbons (Fsp3) is 0.556. The van der Waals surface area contributed by atoms with Crippen molar-refractivity contribution < 1.29 is 19.4 Å². The molecule has 3 rings (SSSR count). The average molecular weight is 332 g/mol. The van der Waals surface area contributed by atoms with Gasteiger partial charge in [0, 0.05) is 17.4 Å². The van der Waals surface area contributed by atoms with E-state index in [1.807, 2.05) is 18.2 Å². The molecule has 130 valence electrons. The molecule has 1 N–H and O–H groups in total. The van der Waals surface area contributed by atoms with Gasteiger partial charge in [-0.25, -0.2) is 5.01 Å². The molecule has 0 spiro atoms. The van der Waals surface area contributed by atoms with Crippen molar-refractivity contribution in [2.24, 2.45) is 16.9 Å². The molecule has 0 unspecified atom stereocenters. The van der Waals surface area contributed by atoms with Crippen molar-refractivity contribution >= 4 is 11.6 Å². The van der Waals surface area contributed by atoms with Gasteiger partial charge in [0.05, 0.1) is 33.1 Å². The lowest BCUT2D eigenvalue weighted by Gasteiger charge is -2.38. The van der Waals surface area contributed by atoms with E-state index in [0.717, 1.165) is 37.0 Å². The highest BCUT2D eigenvalue weighted by Crippen LogP contribution is 2.38. The Morgan fingerprint density at radius 2 is 1.88 bits per heavy atom. The summed E-state index contributed by atoms with van der Waals surface area (Å²) in [5.74, 6) is 1.46. The van der Waals surface area contributed by atoms with Crippen LogP contribution in [-0.2, 0) is 4.79 Å². The zero-order chi connectivity index (χ0) is 17.1. The van der Waals surface area contributed by atoms with Gasteiger partial charge in [-0.15, -0.1) is 0 Å². The minimum atomic E-state index is -0.0914. The van der Waals surface area contributed by atoms with Gasteiger partial charge < -0.3 is 14.6 Å². The van der Waals surface area contributed by atoms with Crippen molar-refractivity contribution in [3.63, 3.8) is 0 Å². The van der Waals surface area contributed by atoms with Crippen molar-refractivity contribution in [2.45, 2.75) is 25.7 Å². The van der Waals surface area contributed by atoms with Gasteiger partial charge in [0.2, 0.25) is 5.91 Å². The monoisotopic (exact) mass is 332 g/mol. The van der Waals surface area contributed by atoms with Crippen LogP contribution in [0.15, 0.2) is 23.3 Å². The molecule has 1 aromatic rings. The minimum absolute atomic E-state index is 0.0362. The summed E-state index contributed by atoms with van der Waals surface area (Å²) in [6.45, 7) is 0.144. The molecular formula is C18H24N2O4. The maximum Gasteiger partial charge on any atom is 0.246 e. The second-order valence-electron chi connectivity index (χ2n) is 6.24. The lowest BCUT2D eigenvalue weighted by Crippen LogP contribution is -2.46. The third-order valence-corrected chi connectivity index (χ3v) is 4.91. The molecule has 1 fully saturated rings. The Bertz CT molecular complexity index is 644. The largest absolute Gasteiger partial charge is 0.493 e. The molecule has 6 nitrogen and oxygen atoms in total. The van der Waals surface area contributed by atoms with Crippen LogP contribution in [0, 0.1) is 11.8 Å². The summed E-state index contributed by atoms with van der Waals surface area (Å²) in [6, 6.07) is 5.73. The van der Waals surface area contributed by atoms with Crippen LogP contribution >= 0.6 is 0 Å². The Morgan fingerprint density at radius 1 is 1.17 bits per heavy atom. The molecule has 1 aromatic carbocycles. The summed E-state index contributed by atoms with van der Waals surface area (Å²) >= 11 is 0.